The molecule has 1 aromatic carbocycles. The van der Waals surface area contributed by atoms with Crippen LogP contribution in [0.25, 0.3) is 0 Å². The molecular formula is C27H45BrO3. The summed E-state index contributed by atoms with van der Waals surface area (Å²) >= 11 is 3.43. The van der Waals surface area contributed by atoms with Crippen LogP contribution in [-0.2, 0) is 0 Å². The third-order valence-corrected chi connectivity index (χ3v) is 6.12. The maximum absolute atomic E-state index is 12.5. The Morgan fingerprint density at radius 3 is 1.84 bits per heavy atom. The van der Waals surface area contributed by atoms with Gasteiger partial charge in [-0.1, -0.05) is 94.0 Å². The van der Waals surface area contributed by atoms with E-state index < -0.39 is 0 Å². The fourth-order valence-corrected chi connectivity index (χ4v) is 3.96. The van der Waals surface area contributed by atoms with Gasteiger partial charge in [0.1, 0.15) is 0 Å². The van der Waals surface area contributed by atoms with Gasteiger partial charge >= 0.3 is 0 Å². The molecule has 0 amide bonds. The van der Waals surface area contributed by atoms with Crippen molar-refractivity contribution < 1.29 is 14.3 Å². The Kier molecular flexibility index (Phi) is 17.7. The van der Waals surface area contributed by atoms with Crippen molar-refractivity contribution in [2.75, 3.05) is 18.5 Å². The molecule has 0 aromatic heterocycles. The molecule has 0 fully saturated rings. The second kappa shape index (κ2) is 19.6. The minimum Gasteiger partial charge on any atom is -0.490 e. The van der Waals surface area contributed by atoms with E-state index in [4.69, 9.17) is 9.47 Å². The summed E-state index contributed by atoms with van der Waals surface area (Å²) in [4.78, 5) is 12.5. The van der Waals surface area contributed by atoms with Crippen LogP contribution in [0, 0.1) is 0 Å². The molecule has 4 heteroatoms. The molecule has 0 spiro atoms. The van der Waals surface area contributed by atoms with Gasteiger partial charge in [0.05, 0.1) is 13.2 Å². The van der Waals surface area contributed by atoms with E-state index in [1.165, 1.54) is 64.2 Å². The third kappa shape index (κ3) is 13.9. The summed E-state index contributed by atoms with van der Waals surface area (Å²) in [5, 5.41) is 0.943. The number of rotatable bonds is 21. The Morgan fingerprint density at radius 1 is 0.710 bits per heavy atom. The molecule has 178 valence electrons. The van der Waals surface area contributed by atoms with E-state index in [0.717, 1.165) is 48.1 Å². The molecule has 0 atom stereocenters. The van der Waals surface area contributed by atoms with Gasteiger partial charge in [0.15, 0.2) is 17.3 Å². The van der Waals surface area contributed by atoms with Crippen molar-refractivity contribution in [1.82, 2.24) is 0 Å². The zero-order chi connectivity index (χ0) is 22.6. The maximum atomic E-state index is 12.5. The molecule has 1 aromatic rings. The summed E-state index contributed by atoms with van der Waals surface area (Å²) < 4.78 is 12.1. The number of unbranched alkanes of at least 4 members (excludes halogenated alkanes) is 11. The van der Waals surface area contributed by atoms with Crippen molar-refractivity contribution in [2.24, 2.45) is 0 Å². The third-order valence-electron chi connectivity index (χ3n) is 5.56. The number of benzene rings is 1. The van der Waals surface area contributed by atoms with E-state index in [1.54, 1.807) is 0 Å². The lowest BCUT2D eigenvalue weighted by atomic mass is 10.1. The first-order valence-electron chi connectivity index (χ1n) is 12.7. The molecule has 0 unspecified atom stereocenters. The number of hydrogen-bond donors (Lipinski definition) is 0. The summed E-state index contributed by atoms with van der Waals surface area (Å²) in [7, 11) is 0. The van der Waals surface area contributed by atoms with Gasteiger partial charge in [-0.3, -0.25) is 4.79 Å². The highest BCUT2D eigenvalue weighted by molar-refractivity contribution is 9.09. The maximum Gasteiger partial charge on any atom is 0.163 e. The zero-order valence-corrected chi connectivity index (χ0v) is 21.6. The van der Waals surface area contributed by atoms with Crippen LogP contribution in [0.1, 0.15) is 121 Å². The number of carbonyl (C=O) groups is 1. The summed E-state index contributed by atoms with van der Waals surface area (Å²) in [5.41, 5.74) is 0.736. The fraction of sp³-hybridized carbons (Fsp3) is 0.741. The van der Waals surface area contributed by atoms with Gasteiger partial charge in [-0.25, -0.2) is 0 Å². The van der Waals surface area contributed by atoms with Crippen molar-refractivity contribution in [3.05, 3.63) is 23.8 Å². The highest BCUT2D eigenvalue weighted by atomic mass is 79.9. The van der Waals surface area contributed by atoms with Crippen LogP contribution < -0.4 is 9.47 Å². The number of alkyl halides is 1. The Morgan fingerprint density at radius 2 is 1.26 bits per heavy atom. The Balaban J connectivity index is 2.56. The predicted molar refractivity (Wildman–Crippen MR) is 136 cm³/mol. The van der Waals surface area contributed by atoms with Gasteiger partial charge in [-0.2, -0.15) is 0 Å². The average molecular weight is 498 g/mol. The molecule has 0 aliphatic carbocycles. The molecule has 0 radical (unpaired) electrons. The van der Waals surface area contributed by atoms with E-state index in [1.807, 2.05) is 18.2 Å². The van der Waals surface area contributed by atoms with Crippen LogP contribution in [-0.4, -0.2) is 24.3 Å². The molecule has 0 heterocycles. The largest absolute Gasteiger partial charge is 0.490 e. The quantitative estimate of drug-likeness (QED) is 0.0966. The number of ether oxygens (including phenoxy) is 2. The number of Topliss-reactive ketones (excluding diaryl/α,β-unsaturated/α-hetero) is 1. The molecule has 0 saturated heterocycles. The second-order valence-corrected chi connectivity index (χ2v) is 9.26. The highest BCUT2D eigenvalue weighted by Crippen LogP contribution is 2.30. The Bertz CT molecular complexity index is 574. The van der Waals surface area contributed by atoms with Crippen molar-refractivity contribution >= 4 is 21.7 Å². The Labute approximate surface area is 199 Å². The van der Waals surface area contributed by atoms with E-state index in [0.29, 0.717) is 19.6 Å². The first kappa shape index (κ1) is 28.0. The summed E-state index contributed by atoms with van der Waals surface area (Å²) in [6, 6.07) is 5.71. The molecule has 0 bridgehead atoms. The lowest BCUT2D eigenvalue weighted by Crippen LogP contribution is -2.05. The molecule has 0 aliphatic heterocycles. The molecular weight excluding hydrogens is 452 g/mol. The molecule has 0 aliphatic rings. The van der Waals surface area contributed by atoms with Gasteiger partial charge in [0, 0.05) is 17.3 Å². The second-order valence-electron chi connectivity index (χ2n) is 8.46. The van der Waals surface area contributed by atoms with Gasteiger partial charge < -0.3 is 9.47 Å². The van der Waals surface area contributed by atoms with Gasteiger partial charge in [-0.15, -0.1) is 0 Å². The lowest BCUT2D eigenvalue weighted by molar-refractivity contribution is 0.0979. The van der Waals surface area contributed by atoms with E-state index in [2.05, 4.69) is 29.8 Å². The van der Waals surface area contributed by atoms with Crippen molar-refractivity contribution in [2.45, 2.75) is 110 Å². The standard InChI is InChI=1S/C27H45BrO3/c1-3-5-7-9-11-15-21-30-26-19-18-24(25(29)17-13-14-20-28)23-27(26)31-22-16-12-10-8-6-4-2/h18-19,23H,3-17,20-22H2,1-2H3. The molecule has 3 nitrogen and oxygen atoms in total. The van der Waals surface area contributed by atoms with Crippen molar-refractivity contribution in [3.8, 4) is 11.5 Å². The normalized spacial score (nSPS) is 10.9. The monoisotopic (exact) mass is 496 g/mol. The van der Waals surface area contributed by atoms with Crippen LogP contribution in [0.3, 0.4) is 0 Å². The van der Waals surface area contributed by atoms with Crippen molar-refractivity contribution in [1.29, 1.82) is 0 Å². The number of ketones is 1. The number of hydrogen-bond acceptors (Lipinski definition) is 3. The van der Waals surface area contributed by atoms with Crippen molar-refractivity contribution in [3.63, 3.8) is 0 Å². The molecule has 31 heavy (non-hydrogen) atoms. The minimum absolute atomic E-state index is 0.188. The fourth-order valence-electron chi connectivity index (χ4n) is 3.57. The zero-order valence-electron chi connectivity index (χ0n) is 20.1. The smallest absolute Gasteiger partial charge is 0.163 e. The minimum atomic E-state index is 0.188. The average Bonchev–Trinajstić information content (AvgIpc) is 2.78. The first-order valence-corrected chi connectivity index (χ1v) is 13.8. The van der Waals surface area contributed by atoms with Gasteiger partial charge in [0.2, 0.25) is 0 Å². The van der Waals surface area contributed by atoms with Crippen LogP contribution in [0.4, 0.5) is 0 Å². The lowest BCUT2D eigenvalue weighted by Gasteiger charge is -2.14. The highest BCUT2D eigenvalue weighted by Gasteiger charge is 2.12. The topological polar surface area (TPSA) is 35.5 Å². The van der Waals surface area contributed by atoms with E-state index >= 15 is 0 Å². The van der Waals surface area contributed by atoms with Gasteiger partial charge in [0.25, 0.3) is 0 Å². The van der Waals surface area contributed by atoms with E-state index in [-0.39, 0.29) is 5.78 Å². The molecule has 1 rings (SSSR count). The predicted octanol–water partition coefficient (Wildman–Crippen LogP) is 8.91. The molecule has 0 saturated carbocycles. The summed E-state index contributed by atoms with van der Waals surface area (Å²) in [6.45, 7) is 5.87. The van der Waals surface area contributed by atoms with E-state index in [9.17, 15) is 4.79 Å². The van der Waals surface area contributed by atoms with Crippen LogP contribution in [0.5, 0.6) is 11.5 Å². The van der Waals surface area contributed by atoms with Crippen LogP contribution in [0.15, 0.2) is 18.2 Å². The Hall–Kier alpha value is -1.03. The summed E-state index contributed by atoms with van der Waals surface area (Å²) in [5.74, 6) is 1.69. The summed E-state index contributed by atoms with van der Waals surface area (Å²) in [6.07, 6.45) is 17.4. The molecule has 0 N–H and O–H groups in total. The van der Waals surface area contributed by atoms with Crippen LogP contribution in [0.2, 0.25) is 0 Å². The SMILES string of the molecule is CCCCCCCCOc1ccc(C(=O)CCCCBr)cc1OCCCCCCCC. The van der Waals surface area contributed by atoms with Gasteiger partial charge in [-0.05, 0) is 43.9 Å². The van der Waals surface area contributed by atoms with Crippen LogP contribution >= 0.6 is 15.9 Å². The number of carbonyl (C=O) groups excluding carboxylic acids is 1. The first-order chi connectivity index (χ1) is 15.2. The number of halogens is 1.